The lowest BCUT2D eigenvalue weighted by molar-refractivity contribution is 0.0182. The Balaban J connectivity index is 4.34. The van der Waals surface area contributed by atoms with Crippen LogP contribution in [0.5, 0.6) is 0 Å². The summed E-state index contributed by atoms with van der Waals surface area (Å²) in [6.45, 7) is 3.72. The first-order chi connectivity index (χ1) is 5.33. The molecular weight excluding hydrogens is 200 g/mol. The van der Waals surface area contributed by atoms with Gasteiger partial charge in [0.1, 0.15) is 0 Å². The molecule has 12 heavy (non-hydrogen) atoms. The molecule has 3 nitrogen and oxygen atoms in total. The van der Waals surface area contributed by atoms with E-state index >= 15 is 0 Å². The molecule has 0 rings (SSSR count). The van der Waals surface area contributed by atoms with Crippen LogP contribution in [0.3, 0.4) is 0 Å². The quantitative estimate of drug-likeness (QED) is 0.655. The van der Waals surface area contributed by atoms with Crippen molar-refractivity contribution in [3.05, 3.63) is 0 Å². The number of ether oxygens (including phenoxy) is 1. The molecule has 0 aliphatic carbocycles. The number of hydrogen-bond donors (Lipinski definition) is 0. The summed E-state index contributed by atoms with van der Waals surface area (Å²) in [6.07, 6.45) is 1.56. The first-order valence-corrected chi connectivity index (χ1v) is 6.28. The van der Waals surface area contributed by atoms with Crippen LogP contribution in [0.2, 0.25) is 0 Å². The molecule has 0 saturated heterocycles. The minimum absolute atomic E-state index is 0.133. The first-order valence-electron chi connectivity index (χ1n) is 3.80. The van der Waals surface area contributed by atoms with Gasteiger partial charge in [-0.3, -0.25) is 0 Å². The van der Waals surface area contributed by atoms with E-state index in [1.807, 2.05) is 6.92 Å². The van der Waals surface area contributed by atoms with Crippen molar-refractivity contribution in [2.24, 2.45) is 0 Å². The second-order valence-electron chi connectivity index (χ2n) is 3.09. The molecule has 0 radical (unpaired) electrons. The maximum absolute atomic E-state index is 10.8. The highest BCUT2D eigenvalue weighted by molar-refractivity contribution is 8.13. The molecular formula is C7H15ClO3S. The molecule has 0 N–H and O–H groups in total. The summed E-state index contributed by atoms with van der Waals surface area (Å²) in [5.41, 5.74) is -0.644. The maximum Gasteiger partial charge on any atom is 0.235 e. The van der Waals surface area contributed by atoms with E-state index in [0.717, 1.165) is 6.42 Å². The molecule has 0 heterocycles. The van der Waals surface area contributed by atoms with Gasteiger partial charge in [0.05, 0.1) is 11.4 Å². The summed E-state index contributed by atoms with van der Waals surface area (Å²) >= 11 is 0. The molecule has 0 saturated carbocycles. The van der Waals surface area contributed by atoms with Crippen LogP contribution < -0.4 is 0 Å². The average molecular weight is 215 g/mol. The molecule has 0 amide bonds. The topological polar surface area (TPSA) is 43.4 Å². The molecule has 0 aromatic heterocycles. The zero-order valence-corrected chi connectivity index (χ0v) is 9.20. The minimum Gasteiger partial charge on any atom is -0.377 e. The van der Waals surface area contributed by atoms with Crippen molar-refractivity contribution in [1.82, 2.24) is 0 Å². The molecule has 0 aliphatic rings. The van der Waals surface area contributed by atoms with Crippen LogP contribution in [0.25, 0.3) is 0 Å². The van der Waals surface area contributed by atoms with Crippen LogP contribution in [-0.2, 0) is 13.8 Å². The van der Waals surface area contributed by atoms with Gasteiger partial charge in [0, 0.05) is 17.8 Å². The van der Waals surface area contributed by atoms with E-state index < -0.39 is 14.7 Å². The van der Waals surface area contributed by atoms with Crippen LogP contribution in [0.15, 0.2) is 0 Å². The Labute approximate surface area is 78.5 Å². The van der Waals surface area contributed by atoms with Crippen molar-refractivity contribution in [2.45, 2.75) is 32.3 Å². The third-order valence-corrected chi connectivity index (χ3v) is 3.03. The average Bonchev–Trinajstić information content (AvgIpc) is 1.84. The summed E-state index contributed by atoms with van der Waals surface area (Å²) < 4.78 is 26.6. The second kappa shape index (κ2) is 4.44. The fourth-order valence-corrected chi connectivity index (χ4v) is 2.81. The van der Waals surface area contributed by atoms with Gasteiger partial charge < -0.3 is 4.74 Å². The van der Waals surface area contributed by atoms with Gasteiger partial charge in [-0.1, -0.05) is 13.3 Å². The summed E-state index contributed by atoms with van der Waals surface area (Å²) in [7, 11) is 3.15. The van der Waals surface area contributed by atoms with Crippen molar-refractivity contribution in [3.8, 4) is 0 Å². The summed E-state index contributed by atoms with van der Waals surface area (Å²) in [5.74, 6) is -0.133. The molecule has 0 aromatic carbocycles. The van der Waals surface area contributed by atoms with Gasteiger partial charge in [-0.25, -0.2) is 8.42 Å². The zero-order valence-electron chi connectivity index (χ0n) is 7.63. The predicted molar refractivity (Wildman–Crippen MR) is 50.0 cm³/mol. The fourth-order valence-electron chi connectivity index (χ4n) is 1.13. The van der Waals surface area contributed by atoms with Crippen LogP contribution in [0.1, 0.15) is 26.7 Å². The number of methoxy groups -OCH3 is 1. The van der Waals surface area contributed by atoms with Crippen molar-refractivity contribution < 1.29 is 13.2 Å². The molecule has 0 aromatic rings. The highest BCUT2D eigenvalue weighted by Crippen LogP contribution is 2.20. The molecule has 0 fully saturated rings. The van der Waals surface area contributed by atoms with Crippen molar-refractivity contribution in [2.75, 3.05) is 12.9 Å². The Morgan fingerprint density at radius 1 is 1.50 bits per heavy atom. The van der Waals surface area contributed by atoms with Gasteiger partial charge >= 0.3 is 0 Å². The van der Waals surface area contributed by atoms with Crippen LogP contribution in [0, 0.1) is 0 Å². The number of halogens is 1. The molecule has 1 unspecified atom stereocenters. The monoisotopic (exact) mass is 214 g/mol. The lowest BCUT2D eigenvalue weighted by Gasteiger charge is -2.25. The normalized spacial score (nSPS) is 17.3. The summed E-state index contributed by atoms with van der Waals surface area (Å²) in [4.78, 5) is 0. The molecule has 0 spiro atoms. The Morgan fingerprint density at radius 2 is 2.00 bits per heavy atom. The SMILES string of the molecule is CCCC(C)(CS(=O)(=O)Cl)OC. The van der Waals surface area contributed by atoms with E-state index in [-0.39, 0.29) is 5.75 Å². The fraction of sp³-hybridized carbons (Fsp3) is 1.00. The van der Waals surface area contributed by atoms with E-state index in [1.54, 1.807) is 6.92 Å². The van der Waals surface area contributed by atoms with Gasteiger partial charge in [0.2, 0.25) is 9.05 Å². The molecule has 1 atom stereocenters. The third-order valence-electron chi connectivity index (χ3n) is 1.75. The first kappa shape index (κ1) is 12.2. The van der Waals surface area contributed by atoms with E-state index in [4.69, 9.17) is 15.4 Å². The van der Waals surface area contributed by atoms with Crippen LogP contribution in [-0.4, -0.2) is 26.9 Å². The number of rotatable bonds is 5. The van der Waals surface area contributed by atoms with E-state index in [0.29, 0.717) is 6.42 Å². The van der Waals surface area contributed by atoms with E-state index in [9.17, 15) is 8.42 Å². The molecule has 74 valence electrons. The van der Waals surface area contributed by atoms with Crippen molar-refractivity contribution >= 4 is 19.7 Å². The maximum atomic E-state index is 10.8. The Kier molecular flexibility index (Phi) is 4.51. The minimum atomic E-state index is -3.47. The molecule has 5 heteroatoms. The smallest absolute Gasteiger partial charge is 0.235 e. The summed E-state index contributed by atoms with van der Waals surface area (Å²) in [6, 6.07) is 0. The van der Waals surface area contributed by atoms with Gasteiger partial charge in [-0.2, -0.15) is 0 Å². The third kappa shape index (κ3) is 4.95. The van der Waals surface area contributed by atoms with Crippen LogP contribution >= 0.6 is 10.7 Å². The van der Waals surface area contributed by atoms with Gasteiger partial charge in [-0.05, 0) is 13.3 Å². The van der Waals surface area contributed by atoms with Crippen molar-refractivity contribution in [1.29, 1.82) is 0 Å². The number of hydrogen-bond acceptors (Lipinski definition) is 3. The highest BCUT2D eigenvalue weighted by atomic mass is 35.7. The van der Waals surface area contributed by atoms with E-state index in [1.165, 1.54) is 7.11 Å². The Bertz CT molecular complexity index is 225. The molecule has 0 bridgehead atoms. The highest BCUT2D eigenvalue weighted by Gasteiger charge is 2.28. The lowest BCUT2D eigenvalue weighted by Crippen LogP contribution is -2.34. The lowest BCUT2D eigenvalue weighted by atomic mass is 10.0. The largest absolute Gasteiger partial charge is 0.377 e. The van der Waals surface area contributed by atoms with Gasteiger partial charge in [0.25, 0.3) is 0 Å². The van der Waals surface area contributed by atoms with Gasteiger partial charge in [0.15, 0.2) is 0 Å². The summed E-state index contributed by atoms with van der Waals surface area (Å²) in [5, 5.41) is 0. The Hall–Kier alpha value is 0.200. The van der Waals surface area contributed by atoms with Crippen LogP contribution in [0.4, 0.5) is 0 Å². The molecule has 0 aliphatic heterocycles. The Morgan fingerprint density at radius 3 is 2.25 bits per heavy atom. The van der Waals surface area contributed by atoms with Gasteiger partial charge in [-0.15, -0.1) is 0 Å². The van der Waals surface area contributed by atoms with Crippen molar-refractivity contribution in [3.63, 3.8) is 0 Å². The zero-order chi connectivity index (χ0) is 9.83. The predicted octanol–water partition coefficient (Wildman–Crippen LogP) is 1.76. The van der Waals surface area contributed by atoms with E-state index in [2.05, 4.69) is 0 Å². The second-order valence-corrected chi connectivity index (χ2v) is 5.86. The standard InChI is InChI=1S/C7H15ClO3S/c1-4-5-7(2,11-3)6-12(8,9)10/h4-6H2,1-3H3.